The molecule has 0 amide bonds. The van der Waals surface area contributed by atoms with Crippen LogP contribution in [-0.2, 0) is 24.0 Å². The minimum atomic E-state index is -1.54. The zero-order valence-corrected chi connectivity index (χ0v) is 15.6. The van der Waals surface area contributed by atoms with Gasteiger partial charge in [-0.15, -0.1) is 0 Å². The van der Waals surface area contributed by atoms with Gasteiger partial charge in [0.05, 0.1) is 5.92 Å². The molecule has 0 spiro atoms. The molecule has 9 nitrogen and oxygen atoms in total. The molecule has 0 aromatic carbocycles. The molecule has 0 aromatic rings. The van der Waals surface area contributed by atoms with E-state index in [1.54, 1.807) is 0 Å². The number of carbonyl (C=O) groups excluding carboxylic acids is 1. The third kappa shape index (κ3) is 5.31. The molecule has 1 unspecified atom stereocenters. The summed E-state index contributed by atoms with van der Waals surface area (Å²) in [6, 6.07) is 0. The average Bonchev–Trinajstić information content (AvgIpc) is 2.60. The second kappa shape index (κ2) is 9.35. The Balaban J connectivity index is 3.57. The molecule has 1 atom stereocenters. The van der Waals surface area contributed by atoms with E-state index in [4.69, 9.17) is 20.4 Å². The third-order valence-corrected chi connectivity index (χ3v) is 5.37. The van der Waals surface area contributed by atoms with E-state index in [1.165, 1.54) is 6.92 Å². The number of rotatable bonds is 12. The molecule has 0 saturated carbocycles. The fourth-order valence-electron chi connectivity index (χ4n) is 3.94. The zero-order valence-electron chi connectivity index (χ0n) is 15.6. The van der Waals surface area contributed by atoms with Gasteiger partial charge in [0, 0.05) is 36.5 Å². The van der Waals surface area contributed by atoms with E-state index in [0.717, 1.165) is 0 Å². The van der Waals surface area contributed by atoms with Crippen molar-refractivity contribution in [3.8, 4) is 11.8 Å². The summed E-state index contributed by atoms with van der Waals surface area (Å²) in [5.74, 6) is -0.379. The van der Waals surface area contributed by atoms with Crippen LogP contribution in [0.25, 0.3) is 0 Å². The second-order valence-corrected chi connectivity index (χ2v) is 7.09. The van der Waals surface area contributed by atoms with Gasteiger partial charge < -0.3 is 20.4 Å². The fourth-order valence-corrected chi connectivity index (χ4v) is 3.94. The van der Waals surface area contributed by atoms with Gasteiger partial charge in [-0.25, -0.2) is 0 Å². The highest BCUT2D eigenvalue weighted by Gasteiger charge is 2.57. The minimum Gasteiger partial charge on any atom is -0.481 e. The first-order chi connectivity index (χ1) is 13.0. The maximum atomic E-state index is 13.2. The van der Waals surface area contributed by atoms with E-state index in [9.17, 15) is 24.0 Å². The van der Waals surface area contributed by atoms with Crippen LogP contribution in [0.3, 0.4) is 0 Å². The maximum absolute atomic E-state index is 13.2. The first-order valence-corrected chi connectivity index (χ1v) is 8.90. The van der Waals surface area contributed by atoms with Gasteiger partial charge >= 0.3 is 23.9 Å². The summed E-state index contributed by atoms with van der Waals surface area (Å²) >= 11 is 0. The highest BCUT2D eigenvalue weighted by molar-refractivity contribution is 5.93. The van der Waals surface area contributed by atoms with Gasteiger partial charge in [-0.1, -0.05) is 11.8 Å². The van der Waals surface area contributed by atoms with Gasteiger partial charge in [-0.2, -0.15) is 0 Å². The first-order valence-electron chi connectivity index (χ1n) is 8.90. The highest BCUT2D eigenvalue weighted by Crippen LogP contribution is 2.55. The topological polar surface area (TPSA) is 166 Å². The molecular weight excluding hydrogens is 372 g/mol. The van der Waals surface area contributed by atoms with Crippen molar-refractivity contribution in [2.75, 3.05) is 0 Å². The first kappa shape index (κ1) is 23.1. The van der Waals surface area contributed by atoms with Crippen LogP contribution in [0.4, 0.5) is 0 Å². The van der Waals surface area contributed by atoms with Crippen LogP contribution in [0.1, 0.15) is 58.3 Å². The average molecular weight is 396 g/mol. The summed E-state index contributed by atoms with van der Waals surface area (Å²) in [7, 11) is 0. The monoisotopic (exact) mass is 396 g/mol. The Morgan fingerprint density at radius 3 is 1.50 bits per heavy atom. The van der Waals surface area contributed by atoms with E-state index in [2.05, 4.69) is 11.8 Å². The maximum Gasteiger partial charge on any atom is 0.303 e. The van der Waals surface area contributed by atoms with Gasteiger partial charge in [0.15, 0.2) is 5.78 Å². The Hall–Kier alpha value is -2.89. The molecule has 4 N–H and O–H groups in total. The van der Waals surface area contributed by atoms with Crippen molar-refractivity contribution in [2.24, 2.45) is 16.7 Å². The van der Waals surface area contributed by atoms with Crippen LogP contribution in [0.15, 0.2) is 0 Å². The summed E-state index contributed by atoms with van der Waals surface area (Å²) in [6.45, 7) is 1.52. The molecule has 0 saturated heterocycles. The molecule has 0 aliphatic heterocycles. The van der Waals surface area contributed by atoms with Gasteiger partial charge in [-0.3, -0.25) is 24.0 Å². The van der Waals surface area contributed by atoms with Crippen LogP contribution in [0, 0.1) is 28.6 Å². The van der Waals surface area contributed by atoms with Gasteiger partial charge in [0.1, 0.15) is 0 Å². The highest BCUT2D eigenvalue weighted by atomic mass is 16.4. The van der Waals surface area contributed by atoms with E-state index in [-0.39, 0.29) is 25.7 Å². The van der Waals surface area contributed by atoms with Crippen molar-refractivity contribution in [1.82, 2.24) is 0 Å². The quantitative estimate of drug-likeness (QED) is 0.359. The Morgan fingerprint density at radius 1 is 0.786 bits per heavy atom. The van der Waals surface area contributed by atoms with Crippen molar-refractivity contribution < 1.29 is 44.4 Å². The summed E-state index contributed by atoms with van der Waals surface area (Å²) in [5, 5.41) is 36.5. The lowest BCUT2D eigenvalue weighted by Crippen LogP contribution is -2.52. The molecule has 9 heteroatoms. The van der Waals surface area contributed by atoms with E-state index in [0.29, 0.717) is 0 Å². The van der Waals surface area contributed by atoms with E-state index in [1.807, 2.05) is 0 Å². The predicted molar refractivity (Wildman–Crippen MR) is 94.3 cm³/mol. The van der Waals surface area contributed by atoms with Crippen LogP contribution in [-0.4, -0.2) is 50.1 Å². The van der Waals surface area contributed by atoms with Crippen LogP contribution >= 0.6 is 0 Å². The number of hydrogen-bond acceptors (Lipinski definition) is 5. The summed E-state index contributed by atoms with van der Waals surface area (Å²) in [4.78, 5) is 57.9. The minimum absolute atomic E-state index is 0.166. The molecule has 1 rings (SSSR count). The van der Waals surface area contributed by atoms with Crippen LogP contribution in [0.5, 0.6) is 0 Å². The molecular formula is C19H24O9. The predicted octanol–water partition coefficient (Wildman–Crippen LogP) is 1.64. The lowest BCUT2D eigenvalue weighted by atomic mass is 9.51. The van der Waals surface area contributed by atoms with Crippen molar-refractivity contribution in [2.45, 2.75) is 58.3 Å². The van der Waals surface area contributed by atoms with Crippen molar-refractivity contribution in [3.63, 3.8) is 0 Å². The number of aliphatic carboxylic acids is 4. The van der Waals surface area contributed by atoms with Gasteiger partial charge in [0.25, 0.3) is 0 Å². The van der Waals surface area contributed by atoms with Crippen molar-refractivity contribution in [3.05, 3.63) is 0 Å². The SMILES string of the molecule is CC1C#CC(CCC(=O)O)(CCC(=O)O)C(CCC(=O)O)(CCC(=O)O)C1=O. The van der Waals surface area contributed by atoms with Gasteiger partial charge in [-0.05, 0) is 32.6 Å². The summed E-state index contributed by atoms with van der Waals surface area (Å²) < 4.78 is 0. The number of hydrogen-bond donors (Lipinski definition) is 4. The standard InChI is InChI=1S/C19H24O9/c1-12-2-7-18(8-3-13(20)21,9-4-14(22)23)19(17(12)28,10-5-15(24)25)11-6-16(26)27/h12H,3-6,8-11H2,1H3,(H,20,21)(H,22,23)(H,24,25)(H,26,27). The fraction of sp³-hybridized carbons (Fsp3) is 0.632. The molecule has 0 aromatic heterocycles. The number of carbonyl (C=O) groups is 5. The number of carboxylic acid groups (broad SMARTS) is 4. The summed E-state index contributed by atoms with van der Waals surface area (Å²) in [5.41, 5.74) is -2.96. The molecule has 0 bridgehead atoms. The Bertz CT molecular complexity index is 689. The van der Waals surface area contributed by atoms with E-state index < -0.39 is 72.1 Å². The molecule has 1 aliphatic carbocycles. The normalized spacial score (nSPS) is 19.3. The molecule has 1 aliphatic rings. The lowest BCUT2D eigenvalue weighted by molar-refractivity contribution is -0.150. The van der Waals surface area contributed by atoms with Crippen LogP contribution < -0.4 is 0 Å². The molecule has 28 heavy (non-hydrogen) atoms. The lowest BCUT2D eigenvalue weighted by Gasteiger charge is -2.49. The number of ketones is 1. The summed E-state index contributed by atoms with van der Waals surface area (Å²) in [6.07, 6.45) is -2.49. The number of carboxylic acids is 4. The zero-order chi connectivity index (χ0) is 21.5. The Labute approximate surface area is 161 Å². The number of Topliss-reactive ketones (excluding diaryl/α,β-unsaturated/α-hetero) is 1. The Kier molecular flexibility index (Phi) is 7.73. The smallest absolute Gasteiger partial charge is 0.303 e. The molecule has 154 valence electrons. The third-order valence-electron chi connectivity index (χ3n) is 5.37. The van der Waals surface area contributed by atoms with Gasteiger partial charge in [0.2, 0.25) is 0 Å². The van der Waals surface area contributed by atoms with Crippen LogP contribution in [0.2, 0.25) is 0 Å². The largest absolute Gasteiger partial charge is 0.481 e. The second-order valence-electron chi connectivity index (χ2n) is 7.09. The Morgan fingerprint density at radius 2 is 1.14 bits per heavy atom. The molecule has 0 heterocycles. The van der Waals surface area contributed by atoms with Crippen molar-refractivity contribution in [1.29, 1.82) is 0 Å². The van der Waals surface area contributed by atoms with Crippen molar-refractivity contribution >= 4 is 29.7 Å². The molecule has 0 fully saturated rings. The molecule has 0 radical (unpaired) electrons. The van der Waals surface area contributed by atoms with E-state index >= 15 is 0 Å².